The lowest BCUT2D eigenvalue weighted by Gasteiger charge is -2.17. The number of rotatable bonds is 5. The molecule has 1 aliphatic heterocycles. The number of hydrogen-bond acceptors (Lipinski definition) is 5. The topological polar surface area (TPSA) is 64.6 Å². The fourth-order valence-corrected chi connectivity index (χ4v) is 4.88. The molecule has 114 valence electrons. The SMILES string of the molecule is COC1COCC1S(=O)(=O)NCc1csc2ccccc12. The minimum atomic E-state index is -3.46. The predicted octanol–water partition coefficient (Wildman–Crippen LogP) is 1.73. The van der Waals surface area contributed by atoms with Crippen molar-refractivity contribution >= 4 is 31.4 Å². The average molecular weight is 327 g/mol. The van der Waals surface area contributed by atoms with Crippen molar-refractivity contribution in [2.75, 3.05) is 20.3 Å². The number of hydrogen-bond donors (Lipinski definition) is 1. The van der Waals surface area contributed by atoms with Gasteiger partial charge in [0.05, 0.1) is 13.2 Å². The van der Waals surface area contributed by atoms with E-state index >= 15 is 0 Å². The number of thiophene rings is 1. The Balaban J connectivity index is 1.75. The Kier molecular flexibility index (Phi) is 4.28. The van der Waals surface area contributed by atoms with Crippen molar-refractivity contribution in [3.8, 4) is 0 Å². The number of nitrogens with one attached hydrogen (secondary N) is 1. The molecule has 21 heavy (non-hydrogen) atoms. The van der Waals surface area contributed by atoms with Crippen LogP contribution in [0.2, 0.25) is 0 Å². The minimum Gasteiger partial charge on any atom is -0.378 e. The number of ether oxygens (including phenoxy) is 2. The van der Waals surface area contributed by atoms with E-state index in [0.29, 0.717) is 13.2 Å². The van der Waals surface area contributed by atoms with Gasteiger partial charge in [-0.05, 0) is 22.4 Å². The third-order valence-corrected chi connectivity index (χ3v) is 6.50. The molecule has 2 atom stereocenters. The van der Waals surface area contributed by atoms with Gasteiger partial charge in [0.1, 0.15) is 11.4 Å². The molecule has 3 rings (SSSR count). The monoisotopic (exact) mass is 327 g/mol. The van der Waals surface area contributed by atoms with Crippen LogP contribution >= 0.6 is 11.3 Å². The molecule has 1 fully saturated rings. The lowest BCUT2D eigenvalue weighted by atomic mass is 10.2. The maximum absolute atomic E-state index is 12.4. The Morgan fingerprint density at radius 3 is 3.00 bits per heavy atom. The largest absolute Gasteiger partial charge is 0.378 e. The van der Waals surface area contributed by atoms with Crippen LogP contribution in [0.5, 0.6) is 0 Å². The van der Waals surface area contributed by atoms with E-state index in [0.717, 1.165) is 15.6 Å². The van der Waals surface area contributed by atoms with E-state index in [1.807, 2.05) is 29.6 Å². The van der Waals surface area contributed by atoms with Gasteiger partial charge in [0.2, 0.25) is 10.0 Å². The molecule has 2 unspecified atom stereocenters. The van der Waals surface area contributed by atoms with Gasteiger partial charge in [-0.3, -0.25) is 0 Å². The van der Waals surface area contributed by atoms with Crippen molar-refractivity contribution in [1.29, 1.82) is 0 Å². The van der Waals surface area contributed by atoms with Gasteiger partial charge in [-0.15, -0.1) is 11.3 Å². The molecular formula is C14H17NO4S2. The van der Waals surface area contributed by atoms with Crippen LogP contribution in [0.3, 0.4) is 0 Å². The third-order valence-electron chi connectivity index (χ3n) is 3.71. The Bertz CT molecular complexity index is 725. The quantitative estimate of drug-likeness (QED) is 0.908. The highest BCUT2D eigenvalue weighted by Gasteiger charge is 2.38. The van der Waals surface area contributed by atoms with Gasteiger partial charge in [0, 0.05) is 18.4 Å². The molecule has 0 saturated carbocycles. The summed E-state index contributed by atoms with van der Waals surface area (Å²) in [6.07, 6.45) is -0.401. The molecule has 1 aliphatic rings. The zero-order valence-electron chi connectivity index (χ0n) is 11.6. The van der Waals surface area contributed by atoms with Gasteiger partial charge in [0.25, 0.3) is 0 Å². The van der Waals surface area contributed by atoms with Crippen LogP contribution in [-0.2, 0) is 26.0 Å². The van der Waals surface area contributed by atoms with E-state index in [1.54, 1.807) is 11.3 Å². The van der Waals surface area contributed by atoms with E-state index in [9.17, 15) is 8.42 Å². The van der Waals surface area contributed by atoms with Gasteiger partial charge in [-0.25, -0.2) is 13.1 Å². The molecule has 1 saturated heterocycles. The first-order valence-corrected chi connectivity index (χ1v) is 9.08. The Morgan fingerprint density at radius 1 is 1.38 bits per heavy atom. The molecule has 1 N–H and O–H groups in total. The fourth-order valence-electron chi connectivity index (χ4n) is 2.48. The number of benzene rings is 1. The smallest absolute Gasteiger partial charge is 0.219 e. The second kappa shape index (κ2) is 6.02. The zero-order chi connectivity index (χ0) is 14.9. The molecule has 1 aromatic heterocycles. The van der Waals surface area contributed by atoms with Crippen LogP contribution in [0.25, 0.3) is 10.1 Å². The summed E-state index contributed by atoms with van der Waals surface area (Å²) in [4.78, 5) is 0. The summed E-state index contributed by atoms with van der Waals surface area (Å²) < 4.78 is 39.0. The minimum absolute atomic E-state index is 0.179. The summed E-state index contributed by atoms with van der Waals surface area (Å²) in [7, 11) is -1.95. The van der Waals surface area contributed by atoms with Gasteiger partial charge < -0.3 is 9.47 Å². The molecular weight excluding hydrogens is 310 g/mol. The van der Waals surface area contributed by atoms with E-state index in [-0.39, 0.29) is 6.61 Å². The van der Waals surface area contributed by atoms with Crippen molar-refractivity contribution in [3.63, 3.8) is 0 Å². The summed E-state index contributed by atoms with van der Waals surface area (Å²) in [5, 5.41) is 2.44. The number of fused-ring (bicyclic) bond motifs is 1. The van der Waals surface area contributed by atoms with E-state index in [2.05, 4.69) is 4.72 Å². The summed E-state index contributed by atoms with van der Waals surface area (Å²) in [6.45, 7) is 0.793. The van der Waals surface area contributed by atoms with Crippen LogP contribution < -0.4 is 4.72 Å². The molecule has 0 radical (unpaired) electrons. The highest BCUT2D eigenvalue weighted by molar-refractivity contribution is 7.90. The zero-order valence-corrected chi connectivity index (χ0v) is 13.2. The lowest BCUT2D eigenvalue weighted by Crippen LogP contribution is -2.41. The summed E-state index contributed by atoms with van der Waals surface area (Å²) in [5.41, 5.74) is 0.993. The van der Waals surface area contributed by atoms with Gasteiger partial charge in [0.15, 0.2) is 0 Å². The number of sulfonamides is 1. The maximum atomic E-state index is 12.4. The van der Waals surface area contributed by atoms with Crippen molar-refractivity contribution in [3.05, 3.63) is 35.2 Å². The van der Waals surface area contributed by atoms with Crippen LogP contribution in [0.1, 0.15) is 5.56 Å². The molecule has 7 heteroatoms. The van der Waals surface area contributed by atoms with Gasteiger partial charge in [-0.1, -0.05) is 18.2 Å². The van der Waals surface area contributed by atoms with E-state index in [4.69, 9.17) is 9.47 Å². The average Bonchev–Trinajstić information content (AvgIpc) is 3.12. The van der Waals surface area contributed by atoms with Crippen LogP contribution in [0.15, 0.2) is 29.6 Å². The third kappa shape index (κ3) is 2.97. The van der Waals surface area contributed by atoms with E-state index < -0.39 is 21.4 Å². The molecule has 0 spiro atoms. The Labute approximate surface area is 127 Å². The highest BCUT2D eigenvalue weighted by atomic mass is 32.2. The maximum Gasteiger partial charge on any atom is 0.219 e. The van der Waals surface area contributed by atoms with Gasteiger partial charge >= 0.3 is 0 Å². The molecule has 5 nitrogen and oxygen atoms in total. The molecule has 0 bridgehead atoms. The van der Waals surface area contributed by atoms with Crippen molar-refractivity contribution in [2.24, 2.45) is 0 Å². The summed E-state index contributed by atoms with van der Waals surface area (Å²) >= 11 is 1.62. The highest BCUT2D eigenvalue weighted by Crippen LogP contribution is 2.26. The second-order valence-corrected chi connectivity index (χ2v) is 7.87. The first-order chi connectivity index (χ1) is 10.1. The molecule has 0 aliphatic carbocycles. The second-order valence-electron chi connectivity index (χ2n) is 4.97. The number of methoxy groups -OCH3 is 1. The molecule has 2 aromatic rings. The molecule has 1 aromatic carbocycles. The summed E-state index contributed by atoms with van der Waals surface area (Å²) in [6, 6.07) is 7.97. The first kappa shape index (κ1) is 14.9. The standard InChI is InChI=1S/C14H17NO4S2/c1-18-12-7-19-8-14(12)21(16,17)15-6-10-9-20-13-5-3-2-4-11(10)13/h2-5,9,12,14-15H,6-8H2,1H3. The summed E-state index contributed by atoms with van der Waals surface area (Å²) in [5.74, 6) is 0. The molecule has 0 amide bonds. The van der Waals surface area contributed by atoms with Crippen molar-refractivity contribution in [1.82, 2.24) is 4.72 Å². The van der Waals surface area contributed by atoms with Crippen molar-refractivity contribution < 1.29 is 17.9 Å². The van der Waals surface area contributed by atoms with E-state index in [1.165, 1.54) is 7.11 Å². The first-order valence-electron chi connectivity index (χ1n) is 6.66. The normalized spacial score (nSPS) is 22.9. The Morgan fingerprint density at radius 2 is 2.19 bits per heavy atom. The van der Waals surface area contributed by atoms with Gasteiger partial charge in [-0.2, -0.15) is 0 Å². The molecule has 2 heterocycles. The predicted molar refractivity (Wildman–Crippen MR) is 83.0 cm³/mol. The van der Waals surface area contributed by atoms with Crippen LogP contribution in [0.4, 0.5) is 0 Å². The fraction of sp³-hybridized carbons (Fsp3) is 0.429. The lowest BCUT2D eigenvalue weighted by molar-refractivity contribution is 0.0828. The van der Waals surface area contributed by atoms with Crippen LogP contribution in [0, 0.1) is 0 Å². The van der Waals surface area contributed by atoms with Crippen molar-refractivity contribution in [2.45, 2.75) is 17.9 Å². The Hall–Kier alpha value is -0.990. The van der Waals surface area contributed by atoms with Crippen LogP contribution in [-0.4, -0.2) is 40.1 Å².